The third-order valence-electron chi connectivity index (χ3n) is 2.61. The molecule has 0 aliphatic heterocycles. The molecule has 4 N–H and O–H groups in total. The van der Waals surface area contributed by atoms with Gasteiger partial charge in [-0.3, -0.25) is 9.59 Å². The van der Waals surface area contributed by atoms with Gasteiger partial charge in [-0.25, -0.2) is 0 Å². The highest BCUT2D eigenvalue weighted by molar-refractivity contribution is 5.98. The van der Waals surface area contributed by atoms with E-state index in [2.05, 4.69) is 38.1 Å². The van der Waals surface area contributed by atoms with Crippen molar-refractivity contribution in [1.29, 1.82) is 0 Å². The van der Waals surface area contributed by atoms with E-state index < -0.39 is 11.8 Å². The van der Waals surface area contributed by atoms with E-state index in [0.29, 0.717) is 0 Å². The molecule has 0 saturated heterocycles. The molecule has 2 aromatic rings. The van der Waals surface area contributed by atoms with Gasteiger partial charge in [-0.1, -0.05) is 41.5 Å². The van der Waals surface area contributed by atoms with Gasteiger partial charge in [-0.15, -0.1) is 0 Å². The number of carbonyl (C=O) groups excluding carboxylic acids is 2. The van der Waals surface area contributed by atoms with Crippen LogP contribution >= 0.6 is 0 Å². The third kappa shape index (κ3) is 4.94. The Morgan fingerprint density at radius 3 is 1.45 bits per heavy atom. The Hall–Kier alpha value is -2.62. The van der Waals surface area contributed by atoms with Crippen LogP contribution in [0.1, 0.15) is 31.8 Å². The number of nitrogens with two attached hydrogens (primary N) is 2. The van der Waals surface area contributed by atoms with Crippen molar-refractivity contribution in [3.05, 3.63) is 70.8 Å². The summed E-state index contributed by atoms with van der Waals surface area (Å²) in [6.45, 7) is 4.21. The minimum atomic E-state index is -0.571. The highest BCUT2D eigenvalue weighted by atomic mass is 16.1. The summed E-state index contributed by atoms with van der Waals surface area (Å²) in [4.78, 5) is 21.3. The first-order valence-corrected chi connectivity index (χ1v) is 6.13. The van der Waals surface area contributed by atoms with E-state index in [-0.39, 0.29) is 11.1 Å². The van der Waals surface area contributed by atoms with Crippen molar-refractivity contribution in [3.8, 4) is 0 Å². The van der Waals surface area contributed by atoms with Crippen LogP contribution in [0, 0.1) is 13.8 Å². The molecule has 0 spiro atoms. The first kappa shape index (κ1) is 15.4. The lowest BCUT2D eigenvalue weighted by Crippen LogP contribution is -2.14. The van der Waals surface area contributed by atoms with Crippen LogP contribution in [-0.4, -0.2) is 11.8 Å². The van der Waals surface area contributed by atoms with E-state index in [1.54, 1.807) is 6.07 Å². The molecule has 0 atom stereocenters. The molecule has 2 rings (SSSR count). The smallest absolute Gasteiger partial charge is 0.248 e. The molecular formula is C16H18N2O2. The highest BCUT2D eigenvalue weighted by Crippen LogP contribution is 2.03. The number of aryl methyl sites for hydroxylation is 2. The fraction of sp³-hybridized carbons (Fsp3) is 0.125. The Labute approximate surface area is 118 Å². The lowest BCUT2D eigenvalue weighted by Gasteiger charge is -1.97. The second-order valence-electron chi connectivity index (χ2n) is 4.47. The zero-order valence-corrected chi connectivity index (χ0v) is 11.6. The van der Waals surface area contributed by atoms with Gasteiger partial charge in [-0.2, -0.15) is 0 Å². The van der Waals surface area contributed by atoms with Gasteiger partial charge in [0, 0.05) is 11.1 Å². The minimum absolute atomic E-state index is 0.284. The molecule has 0 aliphatic rings. The Kier molecular flexibility index (Phi) is 5.47. The number of hydrogen-bond acceptors (Lipinski definition) is 2. The van der Waals surface area contributed by atoms with Crippen LogP contribution in [0.5, 0.6) is 0 Å². The minimum Gasteiger partial charge on any atom is -0.366 e. The summed E-state index contributed by atoms with van der Waals surface area (Å²) in [5.41, 5.74) is 13.2. The van der Waals surface area contributed by atoms with Crippen LogP contribution in [0.25, 0.3) is 0 Å². The summed E-state index contributed by atoms with van der Waals surface area (Å²) in [6, 6.07) is 14.4. The monoisotopic (exact) mass is 270 g/mol. The van der Waals surface area contributed by atoms with E-state index in [1.165, 1.54) is 29.3 Å². The van der Waals surface area contributed by atoms with Crippen molar-refractivity contribution in [2.45, 2.75) is 13.8 Å². The number of primary amides is 2. The number of amides is 2. The largest absolute Gasteiger partial charge is 0.366 e. The second kappa shape index (κ2) is 7.09. The second-order valence-corrected chi connectivity index (χ2v) is 4.47. The Morgan fingerprint density at radius 1 is 0.750 bits per heavy atom. The maximum atomic E-state index is 10.6. The van der Waals surface area contributed by atoms with Gasteiger partial charge in [-0.05, 0) is 32.0 Å². The zero-order chi connectivity index (χ0) is 15.1. The molecular weight excluding hydrogens is 252 g/mol. The Bertz CT molecular complexity index is 575. The van der Waals surface area contributed by atoms with Crippen LogP contribution in [0.15, 0.2) is 48.5 Å². The fourth-order valence-electron chi connectivity index (χ4n) is 1.63. The molecule has 0 radical (unpaired) electrons. The van der Waals surface area contributed by atoms with Crippen molar-refractivity contribution in [1.82, 2.24) is 0 Å². The number of benzene rings is 2. The molecule has 2 amide bonds. The lowest BCUT2D eigenvalue weighted by molar-refractivity contribution is 0.0999. The van der Waals surface area contributed by atoms with Gasteiger partial charge < -0.3 is 11.5 Å². The molecule has 0 aliphatic carbocycles. The topological polar surface area (TPSA) is 86.2 Å². The van der Waals surface area contributed by atoms with Gasteiger partial charge >= 0.3 is 0 Å². The highest BCUT2D eigenvalue weighted by Gasteiger charge is 2.03. The van der Waals surface area contributed by atoms with Crippen LogP contribution in [0.2, 0.25) is 0 Å². The molecule has 0 bridgehead atoms. The molecule has 4 nitrogen and oxygen atoms in total. The normalized spacial score (nSPS) is 9.30. The van der Waals surface area contributed by atoms with Crippen LogP contribution in [-0.2, 0) is 0 Å². The van der Waals surface area contributed by atoms with Crippen molar-refractivity contribution in [3.63, 3.8) is 0 Å². The van der Waals surface area contributed by atoms with E-state index >= 15 is 0 Å². The zero-order valence-electron chi connectivity index (χ0n) is 11.6. The molecule has 0 heterocycles. The first-order valence-electron chi connectivity index (χ1n) is 6.13. The SMILES string of the molecule is Cc1cccc(C)c1.NC(=O)c1cccc(C(N)=O)c1. The van der Waals surface area contributed by atoms with Crippen molar-refractivity contribution >= 4 is 11.8 Å². The molecule has 104 valence electrons. The lowest BCUT2D eigenvalue weighted by atomic mass is 10.1. The molecule has 0 fully saturated rings. The van der Waals surface area contributed by atoms with Gasteiger partial charge in [0.05, 0.1) is 0 Å². The average Bonchev–Trinajstić information content (AvgIpc) is 2.39. The summed E-state index contributed by atoms with van der Waals surface area (Å²) < 4.78 is 0. The van der Waals surface area contributed by atoms with E-state index in [1.807, 2.05) is 0 Å². The summed E-state index contributed by atoms with van der Waals surface area (Å²) in [7, 11) is 0. The molecule has 0 saturated carbocycles. The summed E-state index contributed by atoms with van der Waals surface area (Å²) in [5.74, 6) is -1.14. The van der Waals surface area contributed by atoms with E-state index in [9.17, 15) is 9.59 Å². The van der Waals surface area contributed by atoms with E-state index in [0.717, 1.165) is 0 Å². The summed E-state index contributed by atoms with van der Waals surface area (Å²) >= 11 is 0. The van der Waals surface area contributed by atoms with Gasteiger partial charge in [0.15, 0.2) is 0 Å². The Balaban J connectivity index is 0.000000217. The summed E-state index contributed by atoms with van der Waals surface area (Å²) in [6.07, 6.45) is 0. The quantitative estimate of drug-likeness (QED) is 0.876. The average molecular weight is 270 g/mol. The van der Waals surface area contributed by atoms with Crippen molar-refractivity contribution < 1.29 is 9.59 Å². The molecule has 4 heteroatoms. The first-order chi connectivity index (χ1) is 9.40. The summed E-state index contributed by atoms with van der Waals surface area (Å²) in [5, 5.41) is 0. The van der Waals surface area contributed by atoms with Crippen LogP contribution in [0.4, 0.5) is 0 Å². The fourth-order valence-corrected chi connectivity index (χ4v) is 1.63. The standard InChI is InChI=1S/C8H8N2O2.C8H10/c9-7(11)5-2-1-3-6(4-5)8(10)12;1-7-4-3-5-8(2)6-7/h1-4H,(H2,9,11)(H2,10,12);3-6H,1-2H3. The van der Waals surface area contributed by atoms with Crippen molar-refractivity contribution in [2.24, 2.45) is 11.5 Å². The Morgan fingerprint density at radius 2 is 1.15 bits per heavy atom. The van der Waals surface area contributed by atoms with Crippen molar-refractivity contribution in [2.75, 3.05) is 0 Å². The number of carbonyl (C=O) groups is 2. The predicted molar refractivity (Wildman–Crippen MR) is 79.4 cm³/mol. The van der Waals surface area contributed by atoms with Gasteiger partial charge in [0.2, 0.25) is 11.8 Å². The molecule has 2 aromatic carbocycles. The molecule has 20 heavy (non-hydrogen) atoms. The number of hydrogen-bond donors (Lipinski definition) is 2. The van der Waals surface area contributed by atoms with Gasteiger partial charge in [0.1, 0.15) is 0 Å². The molecule has 0 aromatic heterocycles. The van der Waals surface area contributed by atoms with Crippen LogP contribution < -0.4 is 11.5 Å². The maximum absolute atomic E-state index is 10.6. The number of rotatable bonds is 2. The maximum Gasteiger partial charge on any atom is 0.248 e. The van der Waals surface area contributed by atoms with E-state index in [4.69, 9.17) is 11.5 Å². The van der Waals surface area contributed by atoms with Gasteiger partial charge in [0.25, 0.3) is 0 Å². The molecule has 0 unspecified atom stereocenters. The third-order valence-corrected chi connectivity index (χ3v) is 2.61. The van der Waals surface area contributed by atoms with Crippen LogP contribution in [0.3, 0.4) is 0 Å². The predicted octanol–water partition coefficient (Wildman–Crippen LogP) is 2.19.